The average molecular weight is 380 g/mol. The van der Waals surface area contributed by atoms with Gasteiger partial charge >= 0.3 is 0 Å². The number of amides is 2. The normalized spacial score (nSPS) is 16.8. The highest BCUT2D eigenvalue weighted by atomic mass is 32.1. The third-order valence-corrected chi connectivity index (χ3v) is 6.52. The Labute approximate surface area is 160 Å². The number of fused-ring (bicyclic) bond motifs is 2. The molecule has 7 heteroatoms. The van der Waals surface area contributed by atoms with Gasteiger partial charge in [0.05, 0.1) is 12.2 Å². The second kappa shape index (κ2) is 6.49. The maximum Gasteiger partial charge on any atom is 0.254 e. The van der Waals surface area contributed by atoms with Gasteiger partial charge in [-0.25, -0.2) is 4.98 Å². The Hall–Kier alpha value is -2.67. The standard InChI is InChI=1S/C20H20N4O2S/c25-18(12-2-1-3-12)23-20-22-16-7-9-24(11-17(16)27-20)19(26)14-4-5-15-13(10-14)6-8-21-15/h4-6,8,10,12,21H,1-3,7,9,11H2,(H,22,23,25). The number of thiazole rings is 1. The average Bonchev–Trinajstić information content (AvgIpc) is 3.23. The highest BCUT2D eigenvalue weighted by Crippen LogP contribution is 2.32. The molecule has 3 heterocycles. The summed E-state index contributed by atoms with van der Waals surface area (Å²) in [5.41, 5.74) is 2.74. The molecule has 1 aromatic carbocycles. The summed E-state index contributed by atoms with van der Waals surface area (Å²) in [5, 5.41) is 4.66. The third kappa shape index (κ3) is 3.02. The van der Waals surface area contributed by atoms with Crippen molar-refractivity contribution >= 4 is 39.2 Å². The van der Waals surface area contributed by atoms with Crippen molar-refractivity contribution in [3.05, 3.63) is 46.6 Å². The van der Waals surface area contributed by atoms with Crippen LogP contribution in [0.2, 0.25) is 0 Å². The van der Waals surface area contributed by atoms with Gasteiger partial charge in [-0.1, -0.05) is 17.8 Å². The van der Waals surface area contributed by atoms with Crippen LogP contribution in [0.25, 0.3) is 10.9 Å². The van der Waals surface area contributed by atoms with Crippen LogP contribution < -0.4 is 5.32 Å². The van der Waals surface area contributed by atoms with Crippen LogP contribution in [0, 0.1) is 5.92 Å². The maximum atomic E-state index is 12.9. The molecule has 2 aromatic heterocycles. The minimum absolute atomic E-state index is 0.0391. The molecule has 138 valence electrons. The van der Waals surface area contributed by atoms with Crippen molar-refractivity contribution < 1.29 is 9.59 Å². The predicted octanol–water partition coefficient (Wildman–Crippen LogP) is 3.56. The van der Waals surface area contributed by atoms with Gasteiger partial charge < -0.3 is 15.2 Å². The van der Waals surface area contributed by atoms with Crippen LogP contribution in [0.3, 0.4) is 0 Å². The smallest absolute Gasteiger partial charge is 0.254 e. The zero-order valence-electron chi connectivity index (χ0n) is 14.8. The molecule has 0 unspecified atom stereocenters. The van der Waals surface area contributed by atoms with E-state index in [0.29, 0.717) is 23.8 Å². The summed E-state index contributed by atoms with van der Waals surface area (Å²) in [6, 6.07) is 7.72. The molecular weight excluding hydrogens is 360 g/mol. The molecule has 2 amide bonds. The Morgan fingerprint density at radius 1 is 1.26 bits per heavy atom. The summed E-state index contributed by atoms with van der Waals surface area (Å²) in [5.74, 6) is 0.268. The molecule has 3 aromatic rings. The van der Waals surface area contributed by atoms with E-state index >= 15 is 0 Å². The predicted molar refractivity (Wildman–Crippen MR) is 105 cm³/mol. The second-order valence-electron chi connectivity index (χ2n) is 7.26. The number of carbonyl (C=O) groups excluding carboxylic acids is 2. The number of anilines is 1. The van der Waals surface area contributed by atoms with E-state index in [9.17, 15) is 9.59 Å². The van der Waals surface area contributed by atoms with Crippen LogP contribution in [0.1, 0.15) is 40.2 Å². The van der Waals surface area contributed by atoms with E-state index in [2.05, 4.69) is 15.3 Å². The molecule has 1 aliphatic heterocycles. The van der Waals surface area contributed by atoms with E-state index in [1.807, 2.05) is 35.4 Å². The molecule has 27 heavy (non-hydrogen) atoms. The van der Waals surface area contributed by atoms with Gasteiger partial charge in [0.1, 0.15) is 0 Å². The molecule has 2 aliphatic rings. The summed E-state index contributed by atoms with van der Waals surface area (Å²) < 4.78 is 0. The lowest BCUT2D eigenvalue weighted by Gasteiger charge is -2.26. The number of aromatic amines is 1. The molecule has 0 atom stereocenters. The lowest BCUT2D eigenvalue weighted by molar-refractivity contribution is -0.122. The van der Waals surface area contributed by atoms with E-state index in [4.69, 9.17) is 0 Å². The van der Waals surface area contributed by atoms with Crippen molar-refractivity contribution in [1.82, 2.24) is 14.9 Å². The monoisotopic (exact) mass is 380 g/mol. The van der Waals surface area contributed by atoms with Gasteiger partial charge in [-0.2, -0.15) is 0 Å². The summed E-state index contributed by atoms with van der Waals surface area (Å²) in [6.45, 7) is 1.20. The second-order valence-corrected chi connectivity index (χ2v) is 8.35. The molecule has 0 bridgehead atoms. The molecule has 2 N–H and O–H groups in total. The third-order valence-electron chi connectivity index (χ3n) is 5.52. The Bertz CT molecular complexity index is 1030. The summed E-state index contributed by atoms with van der Waals surface area (Å²) >= 11 is 1.49. The number of benzene rings is 1. The number of carbonyl (C=O) groups is 2. The molecule has 1 fully saturated rings. The number of nitrogens with one attached hydrogen (secondary N) is 2. The molecule has 6 nitrogen and oxygen atoms in total. The molecule has 0 radical (unpaired) electrons. The van der Waals surface area contributed by atoms with Crippen LogP contribution in [0.15, 0.2) is 30.5 Å². The van der Waals surface area contributed by atoms with Crippen molar-refractivity contribution in [3.63, 3.8) is 0 Å². The first-order chi connectivity index (χ1) is 13.2. The van der Waals surface area contributed by atoms with Crippen LogP contribution in [0.4, 0.5) is 5.13 Å². The van der Waals surface area contributed by atoms with E-state index < -0.39 is 0 Å². The Morgan fingerprint density at radius 3 is 2.96 bits per heavy atom. The Kier molecular flexibility index (Phi) is 3.97. The van der Waals surface area contributed by atoms with E-state index in [1.54, 1.807) is 0 Å². The van der Waals surface area contributed by atoms with Crippen LogP contribution in [-0.4, -0.2) is 33.2 Å². The van der Waals surface area contributed by atoms with Gasteiger partial charge in [0.15, 0.2) is 5.13 Å². The number of hydrogen-bond acceptors (Lipinski definition) is 4. The topological polar surface area (TPSA) is 78.1 Å². The highest BCUT2D eigenvalue weighted by Gasteiger charge is 2.28. The fourth-order valence-electron chi connectivity index (χ4n) is 3.67. The minimum Gasteiger partial charge on any atom is -0.361 e. The van der Waals surface area contributed by atoms with E-state index in [0.717, 1.165) is 47.2 Å². The number of hydrogen-bond donors (Lipinski definition) is 2. The van der Waals surface area contributed by atoms with Crippen LogP contribution in [0.5, 0.6) is 0 Å². The first-order valence-electron chi connectivity index (χ1n) is 9.33. The van der Waals surface area contributed by atoms with Gasteiger partial charge in [0, 0.05) is 46.4 Å². The maximum absolute atomic E-state index is 12.9. The Balaban J connectivity index is 1.31. The number of aromatic nitrogens is 2. The first-order valence-corrected chi connectivity index (χ1v) is 10.1. The van der Waals surface area contributed by atoms with Gasteiger partial charge in [-0.15, -0.1) is 0 Å². The van der Waals surface area contributed by atoms with Crippen molar-refractivity contribution in [2.75, 3.05) is 11.9 Å². The fourth-order valence-corrected chi connectivity index (χ4v) is 4.70. The van der Waals surface area contributed by atoms with Crippen LogP contribution >= 0.6 is 11.3 Å². The van der Waals surface area contributed by atoms with Crippen molar-refractivity contribution in [1.29, 1.82) is 0 Å². The first kappa shape index (κ1) is 16.5. The van der Waals surface area contributed by atoms with E-state index in [1.165, 1.54) is 11.3 Å². The number of rotatable bonds is 3. The van der Waals surface area contributed by atoms with Crippen molar-refractivity contribution in [3.8, 4) is 0 Å². The van der Waals surface area contributed by atoms with Gasteiger partial charge in [0.2, 0.25) is 5.91 Å². The minimum atomic E-state index is 0.0391. The quantitative estimate of drug-likeness (QED) is 0.729. The summed E-state index contributed by atoms with van der Waals surface area (Å²) in [6.07, 6.45) is 5.69. The Morgan fingerprint density at radius 2 is 2.15 bits per heavy atom. The molecule has 1 saturated carbocycles. The largest absolute Gasteiger partial charge is 0.361 e. The van der Waals surface area contributed by atoms with E-state index in [-0.39, 0.29) is 17.7 Å². The van der Waals surface area contributed by atoms with Gasteiger partial charge in [-0.3, -0.25) is 9.59 Å². The van der Waals surface area contributed by atoms with Gasteiger partial charge in [-0.05, 0) is 37.1 Å². The fraction of sp³-hybridized carbons (Fsp3) is 0.350. The lowest BCUT2D eigenvalue weighted by Crippen LogP contribution is -2.35. The van der Waals surface area contributed by atoms with Crippen LogP contribution in [-0.2, 0) is 17.8 Å². The molecular formula is C20H20N4O2S. The number of nitrogens with zero attached hydrogens (tertiary/aromatic N) is 2. The molecule has 0 saturated heterocycles. The van der Waals surface area contributed by atoms with Crippen molar-refractivity contribution in [2.45, 2.75) is 32.2 Å². The summed E-state index contributed by atoms with van der Waals surface area (Å²) in [7, 11) is 0. The molecule has 5 rings (SSSR count). The molecule has 0 spiro atoms. The highest BCUT2D eigenvalue weighted by molar-refractivity contribution is 7.15. The summed E-state index contributed by atoms with van der Waals surface area (Å²) in [4.78, 5) is 35.7. The zero-order chi connectivity index (χ0) is 18.4. The van der Waals surface area contributed by atoms with Gasteiger partial charge in [0.25, 0.3) is 5.91 Å². The SMILES string of the molecule is O=C(Nc1nc2c(s1)CN(C(=O)c1ccc3[nH]ccc3c1)CC2)C1CCC1. The number of H-pyrrole nitrogens is 1. The lowest BCUT2D eigenvalue weighted by atomic mass is 9.85. The molecule has 1 aliphatic carbocycles. The van der Waals surface area contributed by atoms with Crippen molar-refractivity contribution in [2.24, 2.45) is 5.92 Å². The zero-order valence-corrected chi connectivity index (χ0v) is 15.6.